The zero-order valence-electron chi connectivity index (χ0n) is 12.2. The van der Waals surface area contributed by atoms with E-state index in [9.17, 15) is 5.26 Å². The minimum atomic E-state index is -0.284. The monoisotopic (exact) mass is 310 g/mol. The molecule has 1 heterocycles. The highest BCUT2D eigenvalue weighted by atomic mass is 32.2. The van der Waals surface area contributed by atoms with E-state index in [2.05, 4.69) is 27.7 Å². The van der Waals surface area contributed by atoms with E-state index >= 15 is 0 Å². The van der Waals surface area contributed by atoms with Crippen LogP contribution >= 0.6 is 23.3 Å². The number of aromatic nitrogens is 2. The fraction of sp³-hybridized carbons (Fsp3) is 0.786. The third-order valence-corrected chi connectivity index (χ3v) is 5.87. The van der Waals surface area contributed by atoms with E-state index in [0.29, 0.717) is 5.92 Å². The number of hydrogen-bond donors (Lipinski definition) is 1. The molecule has 0 radical (unpaired) electrons. The molecule has 2 unspecified atom stereocenters. The molecule has 4 nitrogen and oxygen atoms in total. The van der Waals surface area contributed by atoms with E-state index in [4.69, 9.17) is 0 Å². The van der Waals surface area contributed by atoms with Crippen molar-refractivity contribution in [3.05, 3.63) is 5.82 Å². The van der Waals surface area contributed by atoms with Crippen molar-refractivity contribution in [3.63, 3.8) is 0 Å². The number of thioether (sulfide) groups is 1. The molecule has 1 N–H and O–H groups in total. The van der Waals surface area contributed by atoms with Crippen LogP contribution in [0.5, 0.6) is 0 Å². The summed E-state index contributed by atoms with van der Waals surface area (Å²) in [4.78, 5) is 4.37. The lowest BCUT2D eigenvalue weighted by atomic mass is 9.86. The molecule has 2 rings (SSSR count). The maximum atomic E-state index is 9.59. The van der Waals surface area contributed by atoms with Crippen LogP contribution in [0, 0.1) is 24.2 Å². The highest BCUT2D eigenvalue weighted by Crippen LogP contribution is 2.38. The third kappa shape index (κ3) is 3.72. The summed E-state index contributed by atoms with van der Waals surface area (Å²) in [6.45, 7) is 5.01. The quantitative estimate of drug-likeness (QED) is 0.782. The molecule has 0 amide bonds. The molecule has 20 heavy (non-hydrogen) atoms. The normalized spacial score (nSPS) is 25.8. The van der Waals surface area contributed by atoms with Crippen molar-refractivity contribution >= 4 is 23.3 Å². The first-order valence-electron chi connectivity index (χ1n) is 7.29. The molecule has 1 fully saturated rings. The minimum absolute atomic E-state index is 0.284. The van der Waals surface area contributed by atoms with Gasteiger partial charge in [-0.1, -0.05) is 25.1 Å². The summed E-state index contributed by atoms with van der Waals surface area (Å²) >= 11 is 3.24. The largest absolute Gasteiger partial charge is 0.299 e. The second-order valence-corrected chi connectivity index (χ2v) is 7.44. The van der Waals surface area contributed by atoms with E-state index < -0.39 is 0 Å². The summed E-state index contributed by atoms with van der Waals surface area (Å²) in [5.74, 6) is 2.35. The third-order valence-electron chi connectivity index (χ3n) is 3.91. The van der Waals surface area contributed by atoms with E-state index in [1.165, 1.54) is 18.0 Å². The van der Waals surface area contributed by atoms with Gasteiger partial charge in [0.2, 0.25) is 0 Å². The Morgan fingerprint density at radius 1 is 1.60 bits per heavy atom. The first kappa shape index (κ1) is 15.7. The Bertz CT molecular complexity index is 468. The Morgan fingerprint density at radius 2 is 2.45 bits per heavy atom. The first-order chi connectivity index (χ1) is 9.70. The van der Waals surface area contributed by atoms with Crippen molar-refractivity contribution in [3.8, 4) is 6.07 Å². The Labute approximate surface area is 129 Å². The summed E-state index contributed by atoms with van der Waals surface area (Å²) in [5, 5.41) is 13.1. The van der Waals surface area contributed by atoms with Gasteiger partial charge < -0.3 is 0 Å². The zero-order valence-corrected chi connectivity index (χ0v) is 13.8. The van der Waals surface area contributed by atoms with Crippen LogP contribution in [0.3, 0.4) is 0 Å². The summed E-state index contributed by atoms with van der Waals surface area (Å²) in [6.07, 6.45) is 5.48. The van der Waals surface area contributed by atoms with Gasteiger partial charge in [0, 0.05) is 5.75 Å². The van der Waals surface area contributed by atoms with Crippen molar-refractivity contribution in [2.24, 2.45) is 5.92 Å². The number of nitriles is 1. The fourth-order valence-corrected chi connectivity index (χ4v) is 4.63. The van der Waals surface area contributed by atoms with Crippen molar-refractivity contribution in [1.29, 1.82) is 5.26 Å². The number of nitrogens with one attached hydrogen (secondary N) is 1. The topological polar surface area (TPSA) is 61.6 Å². The van der Waals surface area contributed by atoms with Gasteiger partial charge >= 0.3 is 0 Å². The van der Waals surface area contributed by atoms with E-state index in [0.717, 1.165) is 48.1 Å². The zero-order chi connectivity index (χ0) is 14.4. The molecule has 1 aromatic heterocycles. The summed E-state index contributed by atoms with van der Waals surface area (Å²) in [5.41, 5.74) is -0.284. The molecule has 2 atom stereocenters. The SMILES string of the molecule is CCCNC1(C#N)CCCC1CCSc1nc(C)ns1. The number of nitrogens with zero attached hydrogens (tertiary/aromatic N) is 3. The molecule has 0 spiro atoms. The predicted molar refractivity (Wildman–Crippen MR) is 84.0 cm³/mol. The lowest BCUT2D eigenvalue weighted by Gasteiger charge is -2.29. The van der Waals surface area contributed by atoms with Crippen LogP contribution in [-0.2, 0) is 0 Å². The smallest absolute Gasteiger partial charge is 0.170 e. The van der Waals surface area contributed by atoms with Crippen LogP contribution in [0.15, 0.2) is 4.34 Å². The van der Waals surface area contributed by atoms with Gasteiger partial charge in [0.1, 0.15) is 11.4 Å². The predicted octanol–water partition coefficient (Wildman–Crippen LogP) is 3.39. The van der Waals surface area contributed by atoms with Gasteiger partial charge in [0.05, 0.1) is 6.07 Å². The molecule has 1 aliphatic carbocycles. The van der Waals surface area contributed by atoms with E-state index in [1.54, 1.807) is 11.8 Å². The van der Waals surface area contributed by atoms with Crippen molar-refractivity contribution in [2.45, 2.75) is 55.8 Å². The number of aryl methyl sites for hydroxylation is 1. The molecule has 0 saturated heterocycles. The highest BCUT2D eigenvalue weighted by Gasteiger charge is 2.42. The Hall–Kier alpha value is -0.640. The van der Waals surface area contributed by atoms with Gasteiger partial charge in [-0.3, -0.25) is 5.32 Å². The van der Waals surface area contributed by atoms with Crippen LogP contribution in [0.2, 0.25) is 0 Å². The van der Waals surface area contributed by atoms with Crippen LogP contribution in [0.1, 0.15) is 44.9 Å². The Kier molecular flexibility index (Phi) is 5.82. The van der Waals surface area contributed by atoms with Gasteiger partial charge in [-0.15, -0.1) is 0 Å². The molecule has 110 valence electrons. The summed E-state index contributed by atoms with van der Waals surface area (Å²) in [6, 6.07) is 2.57. The Morgan fingerprint density at radius 3 is 3.10 bits per heavy atom. The lowest BCUT2D eigenvalue weighted by Crippen LogP contribution is -2.47. The molecule has 0 aromatic carbocycles. The van der Waals surface area contributed by atoms with Crippen LogP contribution in [-0.4, -0.2) is 27.2 Å². The van der Waals surface area contributed by atoms with Gasteiger partial charge in [-0.05, 0) is 56.6 Å². The Balaban J connectivity index is 1.85. The fourth-order valence-electron chi connectivity index (χ4n) is 2.86. The number of rotatable bonds is 7. The van der Waals surface area contributed by atoms with Gasteiger partial charge in [0.15, 0.2) is 4.34 Å². The van der Waals surface area contributed by atoms with Crippen LogP contribution in [0.4, 0.5) is 0 Å². The van der Waals surface area contributed by atoms with E-state index in [1.807, 2.05) is 6.92 Å². The maximum absolute atomic E-state index is 9.59. The lowest BCUT2D eigenvalue weighted by molar-refractivity contribution is 0.311. The molecule has 0 bridgehead atoms. The van der Waals surface area contributed by atoms with Crippen molar-refractivity contribution in [2.75, 3.05) is 12.3 Å². The highest BCUT2D eigenvalue weighted by molar-refractivity contribution is 8.00. The molecular formula is C14H22N4S2. The average Bonchev–Trinajstić information content (AvgIpc) is 3.04. The van der Waals surface area contributed by atoms with Gasteiger partial charge in [0.25, 0.3) is 0 Å². The maximum Gasteiger partial charge on any atom is 0.170 e. The van der Waals surface area contributed by atoms with Gasteiger partial charge in [-0.25, -0.2) is 4.98 Å². The molecular weight excluding hydrogens is 288 g/mol. The second kappa shape index (κ2) is 7.39. The standard InChI is InChI=1S/C14H22N4S2/c1-3-8-16-14(10-15)7-4-5-12(14)6-9-19-13-17-11(2)18-20-13/h12,16H,3-9H2,1-2H3. The summed E-state index contributed by atoms with van der Waals surface area (Å²) in [7, 11) is 0. The van der Waals surface area contributed by atoms with Crippen molar-refractivity contribution in [1.82, 2.24) is 14.7 Å². The minimum Gasteiger partial charge on any atom is -0.299 e. The van der Waals surface area contributed by atoms with Crippen LogP contribution in [0.25, 0.3) is 0 Å². The van der Waals surface area contributed by atoms with Gasteiger partial charge in [-0.2, -0.15) is 9.64 Å². The second-order valence-electron chi connectivity index (χ2n) is 5.34. The van der Waals surface area contributed by atoms with Crippen molar-refractivity contribution < 1.29 is 0 Å². The molecule has 1 saturated carbocycles. The number of hydrogen-bond acceptors (Lipinski definition) is 6. The average molecular weight is 310 g/mol. The summed E-state index contributed by atoms with van der Waals surface area (Å²) < 4.78 is 5.24. The molecule has 6 heteroatoms. The van der Waals surface area contributed by atoms with E-state index in [-0.39, 0.29) is 5.54 Å². The molecule has 0 aliphatic heterocycles. The molecule has 1 aromatic rings. The first-order valence-corrected chi connectivity index (χ1v) is 9.05. The molecule has 1 aliphatic rings. The van der Waals surface area contributed by atoms with Crippen LogP contribution < -0.4 is 5.32 Å².